The fourth-order valence-electron chi connectivity index (χ4n) is 4.55. The number of aromatic hydroxyl groups is 2. The van der Waals surface area contributed by atoms with Gasteiger partial charge in [0.05, 0.1) is 6.10 Å². The van der Waals surface area contributed by atoms with Crippen molar-refractivity contribution in [1.82, 2.24) is 0 Å². The van der Waals surface area contributed by atoms with E-state index in [1.54, 1.807) is 6.07 Å². The Bertz CT molecular complexity index is 768. The van der Waals surface area contributed by atoms with Gasteiger partial charge in [-0.1, -0.05) is 64.0 Å². The van der Waals surface area contributed by atoms with E-state index in [4.69, 9.17) is 4.74 Å². The summed E-state index contributed by atoms with van der Waals surface area (Å²) in [5, 5.41) is 32.1. The van der Waals surface area contributed by atoms with Gasteiger partial charge in [-0.25, -0.2) is 4.79 Å². The summed E-state index contributed by atoms with van der Waals surface area (Å²) in [5.41, 5.74) is 2.39. The normalized spacial score (nSPS) is 17.1. The van der Waals surface area contributed by atoms with Crippen LogP contribution in [0.4, 0.5) is 0 Å². The number of rotatable bonds is 13. The van der Waals surface area contributed by atoms with Crippen LogP contribution in [0.1, 0.15) is 119 Å². The summed E-state index contributed by atoms with van der Waals surface area (Å²) < 4.78 is 5.43. The van der Waals surface area contributed by atoms with E-state index in [1.165, 1.54) is 5.57 Å². The number of ether oxygens (including phenoxy) is 1. The number of aliphatic hydroxyl groups excluding tert-OH is 1. The lowest BCUT2D eigenvalue weighted by molar-refractivity contribution is 0.0229. The zero-order chi connectivity index (χ0) is 23.5. The summed E-state index contributed by atoms with van der Waals surface area (Å²) >= 11 is 0. The van der Waals surface area contributed by atoms with E-state index in [-0.39, 0.29) is 29.6 Å². The number of unbranched alkanes of at least 4 members (excludes halogenated alkanes) is 5. The third-order valence-electron chi connectivity index (χ3n) is 6.39. The molecule has 0 saturated heterocycles. The van der Waals surface area contributed by atoms with Gasteiger partial charge >= 0.3 is 5.97 Å². The average molecular weight is 447 g/mol. The Morgan fingerprint density at radius 2 is 1.84 bits per heavy atom. The highest BCUT2D eigenvalue weighted by atomic mass is 16.5. The fourth-order valence-corrected chi connectivity index (χ4v) is 4.55. The highest BCUT2D eigenvalue weighted by Crippen LogP contribution is 2.44. The second-order valence-corrected chi connectivity index (χ2v) is 9.26. The molecule has 3 N–H and O–H groups in total. The molecule has 0 amide bonds. The molecule has 0 bridgehead atoms. The molecule has 5 nitrogen and oxygen atoms in total. The number of phenols is 2. The zero-order valence-electron chi connectivity index (χ0n) is 20.2. The van der Waals surface area contributed by atoms with E-state index >= 15 is 0 Å². The van der Waals surface area contributed by atoms with Crippen molar-refractivity contribution in [2.45, 2.75) is 110 Å². The maximum absolute atomic E-state index is 13.0. The first kappa shape index (κ1) is 26.2. The standard InChI is InChI=1S/C27H42O5/c1-4-6-8-10-15-22(28)18-32-27(31)25-21(13-9-7-5-2)17-23(29)24(26(25)30)20-14-11-12-19(3)16-20/h16-17,20,22,28-30H,4-15,18H2,1-3H3. The second kappa shape index (κ2) is 13.5. The number of aliphatic hydroxyl groups is 1. The number of carbonyl (C=O) groups excluding carboxylic acids is 1. The maximum Gasteiger partial charge on any atom is 0.342 e. The van der Waals surface area contributed by atoms with Gasteiger partial charge in [0.25, 0.3) is 0 Å². The van der Waals surface area contributed by atoms with Crippen LogP contribution in [-0.4, -0.2) is 34.0 Å². The van der Waals surface area contributed by atoms with Crippen LogP contribution in [0, 0.1) is 0 Å². The largest absolute Gasteiger partial charge is 0.507 e. The van der Waals surface area contributed by atoms with Crippen molar-refractivity contribution in [3.05, 3.63) is 34.4 Å². The van der Waals surface area contributed by atoms with Gasteiger partial charge in [0, 0.05) is 11.5 Å². The molecule has 0 radical (unpaired) electrons. The number of aryl methyl sites for hydroxylation is 1. The molecule has 0 aromatic heterocycles. The Balaban J connectivity index is 2.23. The Morgan fingerprint density at radius 1 is 1.12 bits per heavy atom. The van der Waals surface area contributed by atoms with Crippen molar-refractivity contribution >= 4 is 5.97 Å². The Morgan fingerprint density at radius 3 is 2.53 bits per heavy atom. The van der Waals surface area contributed by atoms with Crippen LogP contribution in [0.25, 0.3) is 0 Å². The molecule has 0 heterocycles. The fraction of sp³-hybridized carbons (Fsp3) is 0.667. The van der Waals surface area contributed by atoms with Crippen LogP contribution < -0.4 is 0 Å². The molecule has 1 aromatic carbocycles. The molecule has 0 fully saturated rings. The van der Waals surface area contributed by atoms with Gasteiger partial charge < -0.3 is 20.1 Å². The van der Waals surface area contributed by atoms with Gasteiger partial charge in [0.15, 0.2) is 0 Å². The summed E-state index contributed by atoms with van der Waals surface area (Å²) in [7, 11) is 0. The third kappa shape index (κ3) is 7.54. The topological polar surface area (TPSA) is 87.0 Å². The average Bonchev–Trinajstić information content (AvgIpc) is 2.75. The smallest absolute Gasteiger partial charge is 0.342 e. The predicted molar refractivity (Wildman–Crippen MR) is 128 cm³/mol. The number of carbonyl (C=O) groups is 1. The van der Waals surface area contributed by atoms with Crippen LogP contribution in [0.15, 0.2) is 17.7 Å². The van der Waals surface area contributed by atoms with Crippen molar-refractivity contribution in [3.8, 4) is 11.5 Å². The third-order valence-corrected chi connectivity index (χ3v) is 6.39. The van der Waals surface area contributed by atoms with Crippen LogP contribution in [0.3, 0.4) is 0 Å². The zero-order valence-corrected chi connectivity index (χ0v) is 20.2. The summed E-state index contributed by atoms with van der Waals surface area (Å²) in [5.74, 6) is -0.879. The Labute approximate surface area is 193 Å². The SMILES string of the molecule is CCCCCCC(O)COC(=O)c1c(CCCCC)cc(O)c(C2C=C(C)CCC2)c1O. The lowest BCUT2D eigenvalue weighted by Crippen LogP contribution is -2.20. The summed E-state index contributed by atoms with van der Waals surface area (Å²) in [6.07, 6.45) is 12.5. The molecular formula is C27H42O5. The van der Waals surface area contributed by atoms with Crippen molar-refractivity contribution in [1.29, 1.82) is 0 Å². The summed E-state index contributed by atoms with van der Waals surface area (Å²) in [6, 6.07) is 1.63. The number of allylic oxidation sites excluding steroid dienone is 2. The lowest BCUT2D eigenvalue weighted by Gasteiger charge is -2.24. The minimum atomic E-state index is -0.706. The number of hydrogen-bond donors (Lipinski definition) is 3. The number of hydrogen-bond acceptors (Lipinski definition) is 5. The molecule has 1 aromatic rings. The van der Waals surface area contributed by atoms with Gasteiger partial charge in [-0.05, 0) is 57.1 Å². The van der Waals surface area contributed by atoms with Crippen LogP contribution >= 0.6 is 0 Å². The molecule has 2 atom stereocenters. The van der Waals surface area contributed by atoms with Crippen molar-refractivity contribution in [2.24, 2.45) is 0 Å². The first-order valence-electron chi connectivity index (χ1n) is 12.5. The van der Waals surface area contributed by atoms with E-state index in [2.05, 4.69) is 26.8 Å². The minimum Gasteiger partial charge on any atom is -0.507 e. The maximum atomic E-state index is 13.0. The Kier molecular flexibility index (Phi) is 11.1. The molecule has 2 rings (SSSR count). The van der Waals surface area contributed by atoms with E-state index in [9.17, 15) is 20.1 Å². The second-order valence-electron chi connectivity index (χ2n) is 9.26. The van der Waals surface area contributed by atoms with E-state index in [0.717, 1.165) is 64.2 Å². The van der Waals surface area contributed by atoms with Gasteiger partial charge in [-0.2, -0.15) is 0 Å². The van der Waals surface area contributed by atoms with Crippen LogP contribution in [0.2, 0.25) is 0 Å². The number of esters is 1. The molecule has 0 aliphatic heterocycles. The van der Waals surface area contributed by atoms with Crippen molar-refractivity contribution in [2.75, 3.05) is 6.61 Å². The van der Waals surface area contributed by atoms with E-state index < -0.39 is 12.1 Å². The summed E-state index contributed by atoms with van der Waals surface area (Å²) in [6.45, 7) is 6.21. The molecule has 2 unspecified atom stereocenters. The lowest BCUT2D eigenvalue weighted by atomic mass is 9.83. The van der Waals surface area contributed by atoms with Gasteiger partial charge in [-0.3, -0.25) is 0 Å². The predicted octanol–water partition coefficient (Wildman–Crippen LogP) is 6.53. The Hall–Kier alpha value is -2.01. The van der Waals surface area contributed by atoms with E-state index in [0.29, 0.717) is 24.0 Å². The highest BCUT2D eigenvalue weighted by Gasteiger charge is 2.28. The molecular weight excluding hydrogens is 404 g/mol. The molecule has 0 spiro atoms. The molecule has 32 heavy (non-hydrogen) atoms. The van der Waals surface area contributed by atoms with Gasteiger partial charge in [-0.15, -0.1) is 0 Å². The first-order valence-corrected chi connectivity index (χ1v) is 12.5. The number of benzene rings is 1. The van der Waals surface area contributed by atoms with Gasteiger partial charge in [0.1, 0.15) is 23.7 Å². The minimum absolute atomic E-state index is 0.0393. The first-order chi connectivity index (χ1) is 15.4. The highest BCUT2D eigenvalue weighted by molar-refractivity contribution is 5.95. The van der Waals surface area contributed by atoms with Gasteiger partial charge in [0.2, 0.25) is 0 Å². The monoisotopic (exact) mass is 446 g/mol. The molecule has 1 aliphatic carbocycles. The van der Waals surface area contributed by atoms with Crippen molar-refractivity contribution in [3.63, 3.8) is 0 Å². The quantitative estimate of drug-likeness (QED) is 0.182. The molecule has 1 aliphatic rings. The van der Waals surface area contributed by atoms with Crippen LogP contribution in [-0.2, 0) is 11.2 Å². The molecule has 180 valence electrons. The molecule has 0 saturated carbocycles. The van der Waals surface area contributed by atoms with Crippen molar-refractivity contribution < 1.29 is 24.9 Å². The number of phenolic OH excluding ortho intramolecular Hbond substituents is 2. The summed E-state index contributed by atoms with van der Waals surface area (Å²) in [4.78, 5) is 13.0. The van der Waals surface area contributed by atoms with Crippen LogP contribution in [0.5, 0.6) is 11.5 Å². The molecule has 5 heteroatoms. The van der Waals surface area contributed by atoms with E-state index in [1.807, 2.05) is 0 Å².